The van der Waals surface area contributed by atoms with Gasteiger partial charge >= 0.3 is 17.9 Å². The lowest BCUT2D eigenvalue weighted by atomic mass is 10.1. The molecule has 2 aromatic rings. The van der Waals surface area contributed by atoms with Crippen molar-refractivity contribution in [3.63, 3.8) is 0 Å². The van der Waals surface area contributed by atoms with E-state index in [1.807, 2.05) is 0 Å². The van der Waals surface area contributed by atoms with E-state index >= 15 is 0 Å². The molecule has 1 aliphatic heterocycles. The Balaban J connectivity index is 1.91. The second-order valence-corrected chi connectivity index (χ2v) is 8.24. The Morgan fingerprint density at radius 2 is 1.56 bits per heavy atom. The molecule has 1 saturated heterocycles. The van der Waals surface area contributed by atoms with E-state index in [0.717, 1.165) is 0 Å². The minimum Gasteiger partial charge on any atom is -0.472 e. The number of ether oxygens (including phenoxy) is 4. The molecule has 3 heterocycles. The maximum Gasteiger partial charge on any atom is 0.303 e. The van der Waals surface area contributed by atoms with Crippen molar-refractivity contribution in [2.24, 2.45) is 0 Å². The van der Waals surface area contributed by atoms with E-state index in [2.05, 4.69) is 15.0 Å². The molecular formula is C20H20ClN3O7S. The summed E-state index contributed by atoms with van der Waals surface area (Å²) in [7, 11) is 0. The number of aromatic nitrogens is 3. The Bertz CT molecular complexity index is 994. The van der Waals surface area contributed by atoms with Gasteiger partial charge < -0.3 is 18.9 Å². The largest absolute Gasteiger partial charge is 0.472 e. The van der Waals surface area contributed by atoms with Crippen molar-refractivity contribution in [2.45, 2.75) is 44.5 Å². The number of hydrogen-bond donors (Lipinski definition) is 0. The highest BCUT2D eigenvalue weighted by Gasteiger charge is 2.47. The number of hydrogen-bond acceptors (Lipinski definition) is 11. The van der Waals surface area contributed by atoms with Crippen LogP contribution < -0.4 is 4.74 Å². The summed E-state index contributed by atoms with van der Waals surface area (Å²) in [5.41, 5.74) is 0.530. The molecule has 12 heteroatoms. The molecule has 0 spiro atoms. The normalized spacial score (nSPS) is 22.5. The number of halogens is 1. The first kappa shape index (κ1) is 23.7. The van der Waals surface area contributed by atoms with Gasteiger partial charge in [0.15, 0.2) is 34.7 Å². The molecule has 1 fully saturated rings. The molecule has 0 aliphatic carbocycles. The maximum atomic E-state index is 11.8. The molecule has 0 N–H and O–H groups in total. The highest BCUT2D eigenvalue weighted by atomic mass is 35.5. The van der Waals surface area contributed by atoms with Gasteiger partial charge in [-0.1, -0.05) is 11.6 Å². The first-order valence-corrected chi connectivity index (χ1v) is 10.9. The zero-order valence-corrected chi connectivity index (χ0v) is 19.0. The number of esters is 3. The average molecular weight is 482 g/mol. The van der Waals surface area contributed by atoms with E-state index < -0.39 is 41.7 Å². The van der Waals surface area contributed by atoms with Crippen molar-refractivity contribution in [1.29, 1.82) is 0 Å². The molecule has 0 aromatic carbocycles. The Morgan fingerprint density at radius 1 is 0.938 bits per heavy atom. The smallest absolute Gasteiger partial charge is 0.303 e. The Labute approximate surface area is 193 Å². The van der Waals surface area contributed by atoms with Gasteiger partial charge in [-0.15, -0.1) is 11.8 Å². The maximum absolute atomic E-state index is 11.8. The van der Waals surface area contributed by atoms with E-state index in [9.17, 15) is 14.4 Å². The number of thioether (sulfide) groups is 1. The van der Waals surface area contributed by atoms with E-state index in [1.54, 1.807) is 24.7 Å². The molecule has 10 nitrogen and oxygen atoms in total. The Hall–Kier alpha value is -2.92. The van der Waals surface area contributed by atoms with Crippen LogP contribution in [0.25, 0.3) is 11.1 Å². The monoisotopic (exact) mass is 481 g/mol. The Kier molecular flexibility index (Phi) is 7.86. The highest BCUT2D eigenvalue weighted by molar-refractivity contribution is 7.99. The van der Waals surface area contributed by atoms with Crippen molar-refractivity contribution in [1.82, 2.24) is 15.0 Å². The van der Waals surface area contributed by atoms with Crippen molar-refractivity contribution in [3.05, 3.63) is 36.1 Å². The molecule has 2 aromatic heterocycles. The Morgan fingerprint density at radius 3 is 2.19 bits per heavy atom. The zero-order chi connectivity index (χ0) is 23.3. The van der Waals surface area contributed by atoms with Gasteiger partial charge in [0, 0.05) is 56.2 Å². The fourth-order valence-electron chi connectivity index (χ4n) is 3.05. The summed E-state index contributed by atoms with van der Waals surface area (Å²) in [4.78, 5) is 47.1. The van der Waals surface area contributed by atoms with Crippen LogP contribution in [0.2, 0.25) is 5.15 Å². The third-order valence-corrected chi connectivity index (χ3v) is 5.75. The molecule has 3 rings (SSSR count). The molecule has 0 amide bonds. The summed E-state index contributed by atoms with van der Waals surface area (Å²) >= 11 is 7.46. The number of rotatable bonds is 6. The lowest BCUT2D eigenvalue weighted by molar-refractivity contribution is -0.186. The SMILES string of the molecule is CC(=O)O[C@@H]1[C@@H](OC(C)=O)[C@@H](Oc2cc(-c3cncnc3)cnc2Cl)SC[C@H]1OC(C)=O. The number of pyridine rings is 1. The highest BCUT2D eigenvalue weighted by Crippen LogP contribution is 2.37. The van der Waals surface area contributed by atoms with Crippen molar-refractivity contribution >= 4 is 41.3 Å². The predicted molar refractivity (Wildman–Crippen MR) is 114 cm³/mol. The molecule has 0 saturated carbocycles. The third kappa shape index (κ3) is 6.07. The van der Waals surface area contributed by atoms with Gasteiger partial charge in [0.05, 0.1) is 0 Å². The van der Waals surface area contributed by atoms with E-state index in [0.29, 0.717) is 11.1 Å². The number of carbonyl (C=O) groups is 3. The summed E-state index contributed by atoms with van der Waals surface area (Å²) in [5, 5.41) is 0.0823. The van der Waals surface area contributed by atoms with Gasteiger partial charge in [0.1, 0.15) is 6.33 Å². The number of nitrogens with zero attached hydrogens (tertiary/aromatic N) is 3. The van der Waals surface area contributed by atoms with Crippen LogP contribution >= 0.6 is 23.4 Å². The topological polar surface area (TPSA) is 127 Å². The first-order chi connectivity index (χ1) is 15.2. The van der Waals surface area contributed by atoms with Crippen molar-refractivity contribution in [2.75, 3.05) is 5.75 Å². The predicted octanol–water partition coefficient (Wildman–Crippen LogP) is 2.44. The van der Waals surface area contributed by atoms with E-state index in [1.165, 1.54) is 38.9 Å². The van der Waals surface area contributed by atoms with Crippen molar-refractivity contribution < 1.29 is 33.3 Å². The molecule has 32 heavy (non-hydrogen) atoms. The summed E-state index contributed by atoms with van der Waals surface area (Å²) in [6.45, 7) is 3.66. The quantitative estimate of drug-likeness (QED) is 0.343. The van der Waals surface area contributed by atoms with Crippen LogP contribution in [0.3, 0.4) is 0 Å². The molecule has 170 valence electrons. The molecule has 0 unspecified atom stereocenters. The number of carbonyl (C=O) groups excluding carboxylic acids is 3. The minimum absolute atomic E-state index is 0.0823. The van der Waals surface area contributed by atoms with Crippen LogP contribution in [-0.4, -0.2) is 62.4 Å². The summed E-state index contributed by atoms with van der Waals surface area (Å²) in [6, 6.07) is 1.65. The van der Waals surface area contributed by atoms with Crippen LogP contribution in [-0.2, 0) is 28.6 Å². The lowest BCUT2D eigenvalue weighted by Gasteiger charge is -2.39. The van der Waals surface area contributed by atoms with Gasteiger partial charge in [-0.3, -0.25) is 14.4 Å². The summed E-state index contributed by atoms with van der Waals surface area (Å²) < 4.78 is 22.1. The lowest BCUT2D eigenvalue weighted by Crippen LogP contribution is -2.55. The van der Waals surface area contributed by atoms with E-state index in [4.69, 9.17) is 30.5 Å². The van der Waals surface area contributed by atoms with Crippen molar-refractivity contribution in [3.8, 4) is 16.9 Å². The zero-order valence-electron chi connectivity index (χ0n) is 17.4. The molecule has 0 bridgehead atoms. The van der Waals surface area contributed by atoms with Gasteiger partial charge in [-0.05, 0) is 6.07 Å². The summed E-state index contributed by atoms with van der Waals surface area (Å²) in [5.74, 6) is -1.35. The van der Waals surface area contributed by atoms with Crippen LogP contribution in [0.1, 0.15) is 20.8 Å². The molecule has 0 radical (unpaired) electrons. The van der Waals surface area contributed by atoms with Crippen LogP contribution in [0, 0.1) is 0 Å². The molecular weight excluding hydrogens is 462 g/mol. The fourth-order valence-corrected chi connectivity index (χ4v) is 4.41. The second kappa shape index (κ2) is 10.6. The van der Waals surface area contributed by atoms with Crippen LogP contribution in [0.4, 0.5) is 0 Å². The first-order valence-electron chi connectivity index (χ1n) is 9.45. The molecule has 1 aliphatic rings. The minimum atomic E-state index is -1.07. The van der Waals surface area contributed by atoms with Crippen LogP contribution in [0.5, 0.6) is 5.75 Å². The van der Waals surface area contributed by atoms with Gasteiger partial charge in [-0.2, -0.15) is 0 Å². The fraction of sp³-hybridized carbons (Fsp3) is 0.400. The second-order valence-electron chi connectivity index (χ2n) is 6.76. The van der Waals surface area contributed by atoms with Gasteiger partial charge in [0.25, 0.3) is 0 Å². The van der Waals surface area contributed by atoms with Crippen LogP contribution in [0.15, 0.2) is 31.0 Å². The third-order valence-electron chi connectivity index (χ3n) is 4.25. The summed E-state index contributed by atoms with van der Waals surface area (Å²) in [6.07, 6.45) is 3.21. The van der Waals surface area contributed by atoms with Gasteiger partial charge in [-0.25, -0.2) is 15.0 Å². The standard InChI is InChI=1S/C20H20ClN3O7S/c1-10(25)28-16-8-32-20(18(30-12(3)27)17(16)29-11(2)26)31-15-4-13(7-24-19(15)21)14-5-22-9-23-6-14/h4-7,9,16-18,20H,8H2,1-3H3/t16-,17+,18-,20+/m1/s1. The van der Waals surface area contributed by atoms with E-state index in [-0.39, 0.29) is 16.7 Å². The molecule has 4 atom stereocenters. The van der Waals surface area contributed by atoms with Gasteiger partial charge in [0.2, 0.25) is 0 Å². The average Bonchev–Trinajstić information content (AvgIpc) is 2.73.